The minimum atomic E-state index is -0.509. The third-order valence-electron chi connectivity index (χ3n) is 4.88. The van der Waals surface area contributed by atoms with Crippen LogP contribution in [0.15, 0.2) is 91.1 Å². The summed E-state index contributed by atoms with van der Waals surface area (Å²) in [5.74, 6) is -1.07. The normalized spacial score (nSPS) is 10.8. The van der Waals surface area contributed by atoms with E-state index in [0.29, 0.717) is 0 Å². The van der Waals surface area contributed by atoms with Gasteiger partial charge in [0.2, 0.25) is 11.8 Å². The second-order valence-corrected chi connectivity index (χ2v) is 6.83. The van der Waals surface area contributed by atoms with Crippen LogP contribution in [0.1, 0.15) is 22.6 Å². The van der Waals surface area contributed by atoms with E-state index in [0.717, 1.165) is 27.6 Å². The van der Waals surface area contributed by atoms with Crippen LogP contribution in [0.4, 0.5) is 0 Å². The Morgan fingerprint density at radius 3 is 2.00 bits per heavy atom. The molecule has 0 aliphatic rings. The zero-order chi connectivity index (χ0) is 20.1. The maximum Gasteiger partial charge on any atom is 0.250 e. The average Bonchev–Trinajstić information content (AvgIpc) is 3.17. The Balaban J connectivity index is 1.46. The van der Waals surface area contributed by atoms with Crippen molar-refractivity contribution in [3.05, 3.63) is 108 Å². The summed E-state index contributed by atoms with van der Waals surface area (Å²) in [6.45, 7) is 0. The molecule has 3 aromatic carbocycles. The lowest BCUT2D eigenvalue weighted by molar-refractivity contribution is -0.128. The lowest BCUT2D eigenvalue weighted by atomic mass is 9.91. The number of hydrogen-bond acceptors (Lipinski definition) is 2. The molecule has 0 saturated carbocycles. The van der Waals surface area contributed by atoms with Crippen LogP contribution in [0.3, 0.4) is 0 Å². The third-order valence-corrected chi connectivity index (χ3v) is 4.88. The molecule has 0 aliphatic heterocycles. The van der Waals surface area contributed by atoms with E-state index in [2.05, 4.69) is 15.8 Å². The van der Waals surface area contributed by atoms with Crippen molar-refractivity contribution >= 4 is 22.7 Å². The van der Waals surface area contributed by atoms with Crippen LogP contribution >= 0.6 is 0 Å². The topological polar surface area (TPSA) is 74.0 Å². The first kappa shape index (κ1) is 18.5. The first-order valence-electron chi connectivity index (χ1n) is 9.46. The van der Waals surface area contributed by atoms with Gasteiger partial charge < -0.3 is 4.98 Å². The van der Waals surface area contributed by atoms with E-state index < -0.39 is 5.92 Å². The molecule has 29 heavy (non-hydrogen) atoms. The van der Waals surface area contributed by atoms with Gasteiger partial charge in [0.15, 0.2) is 0 Å². The standard InChI is InChI=1S/C24H21N3O2/c28-22(15-19-16-25-21-14-8-7-13-20(19)21)26-27-24(29)23(17-9-3-1-4-10-17)18-11-5-2-6-12-18/h1-14,16,23,25H,15H2,(H,26,28)(H,27,29). The number of benzene rings is 3. The van der Waals surface area contributed by atoms with E-state index in [9.17, 15) is 9.59 Å². The number of hydrogen-bond donors (Lipinski definition) is 3. The molecule has 4 rings (SSSR count). The fraction of sp³-hybridized carbons (Fsp3) is 0.0833. The number of nitrogens with one attached hydrogen (secondary N) is 3. The number of rotatable bonds is 5. The van der Waals surface area contributed by atoms with Crippen molar-refractivity contribution in [1.29, 1.82) is 0 Å². The Morgan fingerprint density at radius 2 is 1.34 bits per heavy atom. The van der Waals surface area contributed by atoms with Crippen molar-refractivity contribution in [2.24, 2.45) is 0 Å². The van der Waals surface area contributed by atoms with E-state index in [4.69, 9.17) is 0 Å². The number of para-hydroxylation sites is 1. The van der Waals surface area contributed by atoms with Crippen LogP contribution in [0.2, 0.25) is 0 Å². The van der Waals surface area contributed by atoms with Crippen molar-refractivity contribution in [2.45, 2.75) is 12.3 Å². The van der Waals surface area contributed by atoms with E-state index in [1.165, 1.54) is 0 Å². The van der Waals surface area contributed by atoms with Crippen LogP contribution in [0.5, 0.6) is 0 Å². The van der Waals surface area contributed by atoms with Crippen molar-refractivity contribution in [2.75, 3.05) is 0 Å². The summed E-state index contributed by atoms with van der Waals surface area (Å²) < 4.78 is 0. The Kier molecular flexibility index (Phi) is 5.38. The molecule has 0 unspecified atom stereocenters. The molecule has 0 saturated heterocycles. The molecule has 0 atom stereocenters. The SMILES string of the molecule is O=C(Cc1c[nH]c2ccccc12)NNC(=O)C(c1ccccc1)c1ccccc1. The molecule has 0 fully saturated rings. The average molecular weight is 383 g/mol. The molecule has 1 aromatic heterocycles. The number of fused-ring (bicyclic) bond motifs is 1. The quantitative estimate of drug-likeness (QED) is 0.460. The number of carbonyl (C=O) groups excluding carboxylic acids is 2. The molecule has 3 N–H and O–H groups in total. The van der Waals surface area contributed by atoms with Gasteiger partial charge in [-0.3, -0.25) is 20.4 Å². The second-order valence-electron chi connectivity index (χ2n) is 6.83. The number of hydrazine groups is 1. The third kappa shape index (κ3) is 4.19. The van der Waals surface area contributed by atoms with E-state index in [-0.39, 0.29) is 18.2 Å². The highest BCUT2D eigenvalue weighted by Gasteiger charge is 2.23. The van der Waals surface area contributed by atoms with E-state index >= 15 is 0 Å². The molecule has 5 heteroatoms. The molecule has 0 bridgehead atoms. The maximum absolute atomic E-state index is 12.9. The summed E-state index contributed by atoms with van der Waals surface area (Å²) in [6.07, 6.45) is 1.99. The largest absolute Gasteiger partial charge is 0.361 e. The van der Waals surface area contributed by atoms with Gasteiger partial charge in [-0.2, -0.15) is 0 Å². The number of aromatic nitrogens is 1. The smallest absolute Gasteiger partial charge is 0.250 e. The summed E-state index contributed by atoms with van der Waals surface area (Å²) in [5, 5.41) is 1.00. The molecule has 1 heterocycles. The van der Waals surface area contributed by atoms with Gasteiger partial charge in [-0.1, -0.05) is 78.9 Å². The zero-order valence-corrected chi connectivity index (χ0v) is 15.8. The molecule has 4 aromatic rings. The van der Waals surface area contributed by atoms with Crippen molar-refractivity contribution in [3.8, 4) is 0 Å². The summed E-state index contributed by atoms with van der Waals surface area (Å²) in [4.78, 5) is 28.5. The Labute approximate surface area is 168 Å². The molecular formula is C24H21N3O2. The van der Waals surface area contributed by atoms with Crippen molar-refractivity contribution in [1.82, 2.24) is 15.8 Å². The van der Waals surface area contributed by atoms with E-state index in [1.54, 1.807) is 0 Å². The van der Waals surface area contributed by atoms with Crippen LogP contribution in [-0.4, -0.2) is 16.8 Å². The fourth-order valence-electron chi connectivity index (χ4n) is 3.48. The highest BCUT2D eigenvalue weighted by atomic mass is 16.2. The summed E-state index contributed by atoms with van der Waals surface area (Å²) >= 11 is 0. The molecular weight excluding hydrogens is 362 g/mol. The molecule has 0 radical (unpaired) electrons. The van der Waals surface area contributed by atoms with Gasteiger partial charge >= 0.3 is 0 Å². The number of H-pyrrole nitrogens is 1. The second kappa shape index (κ2) is 8.44. The lowest BCUT2D eigenvalue weighted by Gasteiger charge is -2.18. The van der Waals surface area contributed by atoms with Gasteiger partial charge in [-0.15, -0.1) is 0 Å². The lowest BCUT2D eigenvalue weighted by Crippen LogP contribution is -2.44. The predicted molar refractivity (Wildman–Crippen MR) is 113 cm³/mol. The highest BCUT2D eigenvalue weighted by molar-refractivity contribution is 5.91. The van der Waals surface area contributed by atoms with Crippen LogP contribution in [-0.2, 0) is 16.0 Å². The summed E-state index contributed by atoms with van der Waals surface area (Å²) in [5.41, 5.74) is 8.73. The molecule has 5 nitrogen and oxygen atoms in total. The van der Waals surface area contributed by atoms with Gasteiger partial charge in [0, 0.05) is 17.1 Å². The molecule has 0 spiro atoms. The highest BCUT2D eigenvalue weighted by Crippen LogP contribution is 2.24. The monoisotopic (exact) mass is 383 g/mol. The maximum atomic E-state index is 12.9. The Morgan fingerprint density at radius 1 is 0.759 bits per heavy atom. The van der Waals surface area contributed by atoms with Crippen molar-refractivity contribution in [3.63, 3.8) is 0 Å². The predicted octanol–water partition coefficient (Wildman–Crippen LogP) is 3.69. The summed E-state index contributed by atoms with van der Waals surface area (Å²) in [7, 11) is 0. The zero-order valence-electron chi connectivity index (χ0n) is 15.8. The van der Waals surface area contributed by atoms with Crippen LogP contribution < -0.4 is 10.9 Å². The first-order valence-corrected chi connectivity index (χ1v) is 9.46. The number of carbonyl (C=O) groups is 2. The summed E-state index contributed by atoms with van der Waals surface area (Å²) in [6, 6.07) is 26.8. The molecule has 2 amide bonds. The minimum absolute atomic E-state index is 0.172. The molecule has 0 aliphatic carbocycles. The Hall–Kier alpha value is -3.86. The van der Waals surface area contributed by atoms with Crippen LogP contribution in [0, 0.1) is 0 Å². The first-order chi connectivity index (χ1) is 14.2. The van der Waals surface area contributed by atoms with Gasteiger partial charge in [0.25, 0.3) is 0 Å². The Bertz CT molecular complexity index is 1080. The number of aromatic amines is 1. The van der Waals surface area contributed by atoms with Gasteiger partial charge in [-0.25, -0.2) is 0 Å². The van der Waals surface area contributed by atoms with Gasteiger partial charge in [-0.05, 0) is 22.8 Å². The van der Waals surface area contributed by atoms with E-state index in [1.807, 2.05) is 91.1 Å². The van der Waals surface area contributed by atoms with Gasteiger partial charge in [0.05, 0.1) is 12.3 Å². The van der Waals surface area contributed by atoms with Crippen molar-refractivity contribution < 1.29 is 9.59 Å². The fourth-order valence-corrected chi connectivity index (χ4v) is 3.48. The van der Waals surface area contributed by atoms with Crippen LogP contribution in [0.25, 0.3) is 10.9 Å². The number of amides is 2. The van der Waals surface area contributed by atoms with Gasteiger partial charge in [0.1, 0.15) is 0 Å². The minimum Gasteiger partial charge on any atom is -0.361 e. The molecule has 144 valence electrons.